The first-order chi connectivity index (χ1) is 16.2. The van der Waals surface area contributed by atoms with Gasteiger partial charge < -0.3 is 9.67 Å². The maximum absolute atomic E-state index is 10.0. The predicted octanol–water partition coefficient (Wildman–Crippen LogP) is 7.59. The van der Waals surface area contributed by atoms with Gasteiger partial charge in [0.05, 0.1) is 17.9 Å². The summed E-state index contributed by atoms with van der Waals surface area (Å²) in [5.41, 5.74) is 3.67. The molecule has 4 nitrogen and oxygen atoms in total. The number of aromatic nitrogens is 2. The molecular weight excluding hydrogens is 406 g/mol. The van der Waals surface area contributed by atoms with Crippen LogP contribution in [0.25, 0.3) is 11.4 Å². The van der Waals surface area contributed by atoms with Crippen molar-refractivity contribution in [3.05, 3.63) is 72.1 Å². The van der Waals surface area contributed by atoms with E-state index < -0.39 is 0 Å². The molecule has 4 heteroatoms. The number of benzene rings is 2. The minimum Gasteiger partial charge on any atom is -0.508 e. The van der Waals surface area contributed by atoms with Gasteiger partial charge in [-0.25, -0.2) is 4.98 Å². The van der Waals surface area contributed by atoms with Gasteiger partial charge in [-0.3, -0.25) is 4.90 Å². The molecule has 0 aliphatic rings. The summed E-state index contributed by atoms with van der Waals surface area (Å²) in [6, 6.07) is 18.6. The van der Waals surface area contributed by atoms with E-state index in [4.69, 9.17) is 4.98 Å². The second kappa shape index (κ2) is 13.2. The molecule has 0 amide bonds. The highest BCUT2D eigenvalue weighted by Gasteiger charge is 2.25. The number of phenols is 1. The molecule has 33 heavy (non-hydrogen) atoms. The summed E-state index contributed by atoms with van der Waals surface area (Å²) in [4.78, 5) is 7.56. The summed E-state index contributed by atoms with van der Waals surface area (Å²) in [6.45, 7) is 9.65. The highest BCUT2D eigenvalue weighted by Crippen LogP contribution is 2.32. The maximum atomic E-state index is 10.0. The second-order valence-electron chi connectivity index (χ2n) is 9.03. The SMILES string of the molecule is CCCCC(c1cnc(-c2ccccc2)n1CCCC)N(CCCC)Cc1cccc(O)c1. The first-order valence-electron chi connectivity index (χ1n) is 12.8. The zero-order valence-corrected chi connectivity index (χ0v) is 20.7. The molecule has 0 spiro atoms. The fourth-order valence-electron chi connectivity index (χ4n) is 4.53. The lowest BCUT2D eigenvalue weighted by atomic mass is 10.0. The van der Waals surface area contributed by atoms with Crippen LogP contribution in [0.2, 0.25) is 0 Å². The predicted molar refractivity (Wildman–Crippen MR) is 138 cm³/mol. The molecule has 0 aliphatic carbocycles. The fourth-order valence-corrected chi connectivity index (χ4v) is 4.53. The van der Waals surface area contributed by atoms with E-state index in [0.29, 0.717) is 11.8 Å². The summed E-state index contributed by atoms with van der Waals surface area (Å²) < 4.78 is 2.47. The lowest BCUT2D eigenvalue weighted by Gasteiger charge is -2.33. The summed E-state index contributed by atoms with van der Waals surface area (Å²) in [5, 5.41) is 10.0. The van der Waals surface area contributed by atoms with Crippen molar-refractivity contribution in [2.24, 2.45) is 0 Å². The molecule has 0 radical (unpaired) electrons. The lowest BCUT2D eigenvalue weighted by Crippen LogP contribution is -2.31. The van der Waals surface area contributed by atoms with Gasteiger partial charge in [0.2, 0.25) is 0 Å². The van der Waals surface area contributed by atoms with Crippen molar-refractivity contribution in [3.8, 4) is 17.1 Å². The Morgan fingerprint density at radius 2 is 1.67 bits per heavy atom. The fraction of sp³-hybridized carbons (Fsp3) is 0.483. The van der Waals surface area contributed by atoms with Gasteiger partial charge in [-0.1, -0.05) is 88.9 Å². The molecule has 0 saturated heterocycles. The standard InChI is InChI=1S/C29H41N3O/c1-4-7-18-27(31(19-8-5-2)23-24-14-13-17-26(33)21-24)28-22-30-29(32(28)20-9-6-3)25-15-11-10-12-16-25/h10-17,21-22,27,33H,4-9,18-20,23H2,1-3H3. The van der Waals surface area contributed by atoms with E-state index >= 15 is 0 Å². The molecule has 1 heterocycles. The third-order valence-electron chi connectivity index (χ3n) is 6.36. The Morgan fingerprint density at radius 1 is 0.909 bits per heavy atom. The summed E-state index contributed by atoms with van der Waals surface area (Å²) >= 11 is 0. The highest BCUT2D eigenvalue weighted by atomic mass is 16.3. The molecule has 2 aromatic carbocycles. The lowest BCUT2D eigenvalue weighted by molar-refractivity contribution is 0.166. The Bertz CT molecular complexity index is 951. The van der Waals surface area contributed by atoms with Crippen LogP contribution in [0.3, 0.4) is 0 Å². The molecule has 0 aliphatic heterocycles. The van der Waals surface area contributed by atoms with Gasteiger partial charge in [0, 0.05) is 18.7 Å². The molecule has 0 fully saturated rings. The van der Waals surface area contributed by atoms with Crippen LogP contribution in [0.4, 0.5) is 0 Å². The molecule has 3 rings (SSSR count). The molecular formula is C29H41N3O. The van der Waals surface area contributed by atoms with E-state index in [1.807, 2.05) is 12.1 Å². The van der Waals surface area contributed by atoms with Crippen molar-refractivity contribution in [1.29, 1.82) is 0 Å². The number of imidazole rings is 1. The number of phenolic OH excluding ortho intramolecular Hbond substituents is 1. The zero-order valence-electron chi connectivity index (χ0n) is 20.7. The normalized spacial score (nSPS) is 12.4. The Balaban J connectivity index is 2.02. The van der Waals surface area contributed by atoms with E-state index in [1.54, 1.807) is 6.07 Å². The second-order valence-corrected chi connectivity index (χ2v) is 9.03. The number of rotatable bonds is 14. The van der Waals surface area contributed by atoms with Gasteiger partial charge in [-0.15, -0.1) is 0 Å². The minimum atomic E-state index is 0.306. The first-order valence-corrected chi connectivity index (χ1v) is 12.8. The molecule has 1 aromatic heterocycles. The molecule has 0 bridgehead atoms. The topological polar surface area (TPSA) is 41.3 Å². The van der Waals surface area contributed by atoms with Gasteiger partial charge in [-0.2, -0.15) is 0 Å². The van der Waals surface area contributed by atoms with E-state index in [-0.39, 0.29) is 0 Å². The number of hydrogen-bond acceptors (Lipinski definition) is 3. The van der Waals surface area contributed by atoms with Gasteiger partial charge in [-0.05, 0) is 43.5 Å². The van der Waals surface area contributed by atoms with Crippen molar-refractivity contribution in [2.75, 3.05) is 6.54 Å². The van der Waals surface area contributed by atoms with E-state index in [1.165, 1.54) is 30.5 Å². The first kappa shape index (κ1) is 25.0. The Labute approximate surface area is 200 Å². The Kier molecular flexibility index (Phi) is 10.0. The van der Waals surface area contributed by atoms with Crippen LogP contribution in [0.1, 0.15) is 83.0 Å². The van der Waals surface area contributed by atoms with Crippen LogP contribution in [0.5, 0.6) is 5.75 Å². The number of hydrogen-bond donors (Lipinski definition) is 1. The van der Waals surface area contributed by atoms with Gasteiger partial charge in [0.15, 0.2) is 0 Å². The molecule has 1 unspecified atom stereocenters. The smallest absolute Gasteiger partial charge is 0.140 e. The molecule has 0 saturated carbocycles. The monoisotopic (exact) mass is 447 g/mol. The van der Waals surface area contributed by atoms with Gasteiger partial charge >= 0.3 is 0 Å². The highest BCUT2D eigenvalue weighted by molar-refractivity contribution is 5.56. The van der Waals surface area contributed by atoms with Crippen LogP contribution in [-0.2, 0) is 13.1 Å². The van der Waals surface area contributed by atoms with E-state index in [0.717, 1.165) is 56.7 Å². The molecule has 1 N–H and O–H groups in total. The Hall–Kier alpha value is -2.59. The van der Waals surface area contributed by atoms with Gasteiger partial charge in [0.25, 0.3) is 0 Å². The molecule has 1 atom stereocenters. The number of nitrogens with zero attached hydrogens (tertiary/aromatic N) is 3. The van der Waals surface area contributed by atoms with Crippen molar-refractivity contribution in [3.63, 3.8) is 0 Å². The van der Waals surface area contributed by atoms with Crippen molar-refractivity contribution >= 4 is 0 Å². The maximum Gasteiger partial charge on any atom is 0.140 e. The van der Waals surface area contributed by atoms with Gasteiger partial charge in [0.1, 0.15) is 11.6 Å². The summed E-state index contributed by atoms with van der Waals surface area (Å²) in [7, 11) is 0. The average molecular weight is 448 g/mol. The largest absolute Gasteiger partial charge is 0.508 e. The van der Waals surface area contributed by atoms with E-state index in [2.05, 4.69) is 72.8 Å². The summed E-state index contributed by atoms with van der Waals surface area (Å²) in [6.07, 6.45) is 10.2. The van der Waals surface area contributed by atoms with Crippen LogP contribution in [0.15, 0.2) is 60.8 Å². The average Bonchev–Trinajstić information content (AvgIpc) is 3.25. The van der Waals surface area contributed by atoms with Crippen molar-refractivity contribution in [1.82, 2.24) is 14.5 Å². The third kappa shape index (κ3) is 6.94. The van der Waals surface area contributed by atoms with Crippen molar-refractivity contribution in [2.45, 2.75) is 84.8 Å². The minimum absolute atomic E-state index is 0.306. The van der Waals surface area contributed by atoms with Crippen LogP contribution in [-0.4, -0.2) is 26.1 Å². The van der Waals surface area contributed by atoms with E-state index in [9.17, 15) is 5.11 Å². The molecule has 178 valence electrons. The zero-order chi connectivity index (χ0) is 23.5. The van der Waals surface area contributed by atoms with Crippen molar-refractivity contribution < 1.29 is 5.11 Å². The molecule has 3 aromatic rings. The van der Waals surface area contributed by atoms with Crippen LogP contribution >= 0.6 is 0 Å². The number of unbranched alkanes of at least 4 members (excludes halogenated alkanes) is 3. The third-order valence-corrected chi connectivity index (χ3v) is 6.36. The Morgan fingerprint density at radius 3 is 2.36 bits per heavy atom. The quantitative estimate of drug-likeness (QED) is 0.277. The van der Waals surface area contributed by atoms with Crippen LogP contribution < -0.4 is 0 Å². The summed E-state index contributed by atoms with van der Waals surface area (Å²) in [5.74, 6) is 1.42. The number of aromatic hydroxyl groups is 1. The van der Waals surface area contributed by atoms with Crippen LogP contribution in [0, 0.1) is 0 Å².